The van der Waals surface area contributed by atoms with Crippen LogP contribution in [0.3, 0.4) is 0 Å². The number of hydrogen-bond acceptors (Lipinski definition) is 4. The molecule has 1 fully saturated rings. The van der Waals surface area contributed by atoms with Crippen LogP contribution in [0.25, 0.3) is 0 Å². The van der Waals surface area contributed by atoms with Gasteiger partial charge >= 0.3 is 0 Å². The standard InChI is InChI=1S/C13H15ClN2O3S/c1-19-9-11-4-5-16(8-11)20(17,18)13-6-10(7-15)2-3-12(13)14/h2-3,6,11H,4-5,8-9H2,1H3. The minimum absolute atomic E-state index is 0.00344. The van der Waals surface area contributed by atoms with Crippen molar-refractivity contribution < 1.29 is 13.2 Å². The Kier molecular flexibility index (Phi) is 4.66. The van der Waals surface area contributed by atoms with Crippen LogP contribution in [-0.2, 0) is 14.8 Å². The quantitative estimate of drug-likeness (QED) is 0.850. The summed E-state index contributed by atoms with van der Waals surface area (Å²) >= 11 is 5.97. The van der Waals surface area contributed by atoms with E-state index in [4.69, 9.17) is 21.6 Å². The van der Waals surface area contributed by atoms with Crippen molar-refractivity contribution in [3.63, 3.8) is 0 Å². The SMILES string of the molecule is COCC1CCN(S(=O)(=O)c2cc(C#N)ccc2Cl)C1. The predicted molar refractivity (Wildman–Crippen MR) is 74.9 cm³/mol. The topological polar surface area (TPSA) is 70.4 Å². The lowest BCUT2D eigenvalue weighted by molar-refractivity contribution is 0.157. The van der Waals surface area contributed by atoms with E-state index < -0.39 is 10.0 Å². The monoisotopic (exact) mass is 314 g/mol. The molecule has 1 unspecified atom stereocenters. The van der Waals surface area contributed by atoms with Gasteiger partial charge in [0.2, 0.25) is 10.0 Å². The maximum atomic E-state index is 12.6. The summed E-state index contributed by atoms with van der Waals surface area (Å²) in [4.78, 5) is -0.00344. The Bertz CT molecular complexity index is 640. The first kappa shape index (κ1) is 15.3. The zero-order chi connectivity index (χ0) is 14.8. The fourth-order valence-electron chi connectivity index (χ4n) is 2.30. The zero-order valence-electron chi connectivity index (χ0n) is 11.0. The van der Waals surface area contributed by atoms with Crippen LogP contribution in [0.2, 0.25) is 5.02 Å². The third-order valence-corrected chi connectivity index (χ3v) is 5.68. The summed E-state index contributed by atoms with van der Waals surface area (Å²) < 4.78 is 31.6. The van der Waals surface area contributed by atoms with E-state index in [1.165, 1.54) is 22.5 Å². The van der Waals surface area contributed by atoms with E-state index in [1.54, 1.807) is 7.11 Å². The van der Waals surface area contributed by atoms with Crippen LogP contribution in [0, 0.1) is 17.2 Å². The summed E-state index contributed by atoms with van der Waals surface area (Å²) in [7, 11) is -2.06. The number of nitrogens with zero attached hydrogens (tertiary/aromatic N) is 2. The van der Waals surface area contributed by atoms with Crippen molar-refractivity contribution in [1.82, 2.24) is 4.31 Å². The second-order valence-electron chi connectivity index (χ2n) is 4.73. The molecule has 1 aliphatic heterocycles. The predicted octanol–water partition coefficient (Wildman–Crippen LogP) is 1.87. The van der Waals surface area contributed by atoms with Crippen molar-refractivity contribution in [3.05, 3.63) is 28.8 Å². The normalized spacial score (nSPS) is 19.9. The molecule has 108 valence electrons. The van der Waals surface area contributed by atoms with E-state index in [1.807, 2.05) is 6.07 Å². The lowest BCUT2D eigenvalue weighted by Gasteiger charge is -2.17. The van der Waals surface area contributed by atoms with Crippen LogP contribution >= 0.6 is 11.6 Å². The molecule has 0 radical (unpaired) electrons. The largest absolute Gasteiger partial charge is 0.384 e. The summed E-state index contributed by atoms with van der Waals surface area (Å²) in [5.41, 5.74) is 0.278. The Balaban J connectivity index is 2.30. The van der Waals surface area contributed by atoms with Gasteiger partial charge in [-0.15, -0.1) is 0 Å². The number of sulfonamides is 1. The molecule has 1 aliphatic rings. The van der Waals surface area contributed by atoms with Gasteiger partial charge in [-0.25, -0.2) is 8.42 Å². The number of ether oxygens (including phenoxy) is 1. The Morgan fingerprint density at radius 1 is 1.55 bits per heavy atom. The van der Waals surface area contributed by atoms with Crippen LogP contribution in [0.5, 0.6) is 0 Å². The molecule has 1 saturated heterocycles. The van der Waals surface area contributed by atoms with Gasteiger partial charge in [-0.3, -0.25) is 0 Å². The van der Waals surface area contributed by atoms with Gasteiger partial charge in [-0.1, -0.05) is 11.6 Å². The minimum atomic E-state index is -3.66. The van der Waals surface area contributed by atoms with Crippen molar-refractivity contribution in [2.75, 3.05) is 26.8 Å². The van der Waals surface area contributed by atoms with E-state index >= 15 is 0 Å². The summed E-state index contributed by atoms with van der Waals surface area (Å²) in [6, 6.07) is 6.18. The highest BCUT2D eigenvalue weighted by Gasteiger charge is 2.33. The first-order valence-electron chi connectivity index (χ1n) is 6.17. The van der Waals surface area contributed by atoms with Crippen LogP contribution < -0.4 is 0 Å². The molecule has 0 aromatic heterocycles. The number of rotatable bonds is 4. The van der Waals surface area contributed by atoms with Crippen molar-refractivity contribution in [2.45, 2.75) is 11.3 Å². The third kappa shape index (κ3) is 2.96. The van der Waals surface area contributed by atoms with E-state index in [9.17, 15) is 8.42 Å². The van der Waals surface area contributed by atoms with Gasteiger partial charge < -0.3 is 4.74 Å². The van der Waals surface area contributed by atoms with Crippen molar-refractivity contribution in [1.29, 1.82) is 5.26 Å². The molecule has 0 spiro atoms. The van der Waals surface area contributed by atoms with Gasteiger partial charge in [-0.2, -0.15) is 9.57 Å². The van der Waals surface area contributed by atoms with E-state index in [0.29, 0.717) is 19.7 Å². The van der Waals surface area contributed by atoms with Crippen LogP contribution in [-0.4, -0.2) is 39.5 Å². The second kappa shape index (κ2) is 6.10. The molecule has 20 heavy (non-hydrogen) atoms. The molecule has 0 bridgehead atoms. The van der Waals surface area contributed by atoms with E-state index in [2.05, 4.69) is 0 Å². The van der Waals surface area contributed by atoms with Crippen LogP contribution in [0.15, 0.2) is 23.1 Å². The number of benzene rings is 1. The highest BCUT2D eigenvalue weighted by Crippen LogP contribution is 2.29. The van der Waals surface area contributed by atoms with Gasteiger partial charge in [0.25, 0.3) is 0 Å². The van der Waals surface area contributed by atoms with E-state index in [-0.39, 0.29) is 21.4 Å². The molecule has 0 saturated carbocycles. The van der Waals surface area contributed by atoms with Crippen LogP contribution in [0.4, 0.5) is 0 Å². The lowest BCUT2D eigenvalue weighted by atomic mass is 10.1. The summed E-state index contributed by atoms with van der Waals surface area (Å²) in [5, 5.41) is 9.02. The highest BCUT2D eigenvalue weighted by molar-refractivity contribution is 7.89. The average molecular weight is 315 g/mol. The summed E-state index contributed by atoms with van der Waals surface area (Å²) in [6.07, 6.45) is 0.766. The molecule has 0 N–H and O–H groups in total. The van der Waals surface area contributed by atoms with Gasteiger partial charge in [0.1, 0.15) is 4.90 Å². The maximum absolute atomic E-state index is 12.6. The Labute approximate surface area is 123 Å². The van der Waals surface area contributed by atoms with Crippen LogP contribution in [0.1, 0.15) is 12.0 Å². The van der Waals surface area contributed by atoms with Gasteiger partial charge in [0, 0.05) is 20.2 Å². The van der Waals surface area contributed by atoms with Gasteiger partial charge in [0.05, 0.1) is 23.3 Å². The molecular formula is C13H15ClN2O3S. The maximum Gasteiger partial charge on any atom is 0.244 e. The molecule has 1 aromatic carbocycles. The Hall–Kier alpha value is -1.13. The Morgan fingerprint density at radius 3 is 2.95 bits per heavy atom. The summed E-state index contributed by atoms with van der Waals surface area (Å²) in [6.45, 7) is 1.41. The molecule has 2 rings (SSSR count). The molecule has 1 heterocycles. The second-order valence-corrected chi connectivity index (χ2v) is 7.04. The van der Waals surface area contributed by atoms with Gasteiger partial charge in [-0.05, 0) is 30.5 Å². The molecule has 5 nitrogen and oxygen atoms in total. The number of hydrogen-bond donors (Lipinski definition) is 0. The summed E-state index contributed by atoms with van der Waals surface area (Å²) in [5.74, 6) is 0.202. The number of nitriles is 1. The molecule has 0 aliphatic carbocycles. The smallest absolute Gasteiger partial charge is 0.244 e. The first-order valence-corrected chi connectivity index (χ1v) is 7.99. The molecule has 1 atom stereocenters. The molecule has 0 amide bonds. The molecule has 7 heteroatoms. The van der Waals surface area contributed by atoms with Crippen molar-refractivity contribution >= 4 is 21.6 Å². The third-order valence-electron chi connectivity index (χ3n) is 3.33. The fourth-order valence-corrected chi connectivity index (χ4v) is 4.33. The zero-order valence-corrected chi connectivity index (χ0v) is 12.6. The molecular weight excluding hydrogens is 300 g/mol. The lowest BCUT2D eigenvalue weighted by Crippen LogP contribution is -2.29. The van der Waals surface area contributed by atoms with Gasteiger partial charge in [0.15, 0.2) is 0 Å². The van der Waals surface area contributed by atoms with E-state index in [0.717, 1.165) is 6.42 Å². The van der Waals surface area contributed by atoms with Crippen molar-refractivity contribution in [3.8, 4) is 6.07 Å². The first-order chi connectivity index (χ1) is 9.48. The van der Waals surface area contributed by atoms with Crippen molar-refractivity contribution in [2.24, 2.45) is 5.92 Å². The number of halogens is 1. The minimum Gasteiger partial charge on any atom is -0.384 e. The fraction of sp³-hybridized carbons (Fsp3) is 0.462. The molecule has 1 aromatic rings. The average Bonchev–Trinajstić information content (AvgIpc) is 2.89. The number of methoxy groups -OCH3 is 1. The Morgan fingerprint density at radius 2 is 2.30 bits per heavy atom. The highest BCUT2D eigenvalue weighted by atomic mass is 35.5.